The Hall–Kier alpha value is -2.24. The number of likely N-dealkylation sites (tertiary alicyclic amines) is 2. The van der Waals surface area contributed by atoms with Crippen LogP contribution in [0, 0.1) is 11.3 Å². The molecule has 0 bridgehead atoms. The van der Waals surface area contributed by atoms with E-state index in [9.17, 15) is 9.59 Å². The summed E-state index contributed by atoms with van der Waals surface area (Å²) in [7, 11) is 3.20. The Morgan fingerprint density at radius 3 is 2.19 bits per heavy atom. The fourth-order valence-electron chi connectivity index (χ4n) is 5.94. The van der Waals surface area contributed by atoms with E-state index >= 15 is 0 Å². The van der Waals surface area contributed by atoms with Crippen molar-refractivity contribution in [2.24, 2.45) is 11.3 Å². The van der Waals surface area contributed by atoms with E-state index in [1.807, 2.05) is 9.80 Å². The maximum atomic E-state index is 13.4. The number of amides is 2. The highest BCUT2D eigenvalue weighted by Gasteiger charge is 2.48. The van der Waals surface area contributed by atoms with Crippen molar-refractivity contribution < 1.29 is 19.1 Å². The smallest absolute Gasteiger partial charge is 0.254 e. The topological polar surface area (TPSA) is 59.1 Å². The van der Waals surface area contributed by atoms with Gasteiger partial charge >= 0.3 is 0 Å². The van der Waals surface area contributed by atoms with Gasteiger partial charge < -0.3 is 19.3 Å². The third-order valence-corrected chi connectivity index (χ3v) is 7.71. The second kappa shape index (κ2) is 9.49. The van der Waals surface area contributed by atoms with Crippen molar-refractivity contribution >= 4 is 11.8 Å². The van der Waals surface area contributed by atoms with E-state index in [4.69, 9.17) is 9.47 Å². The summed E-state index contributed by atoms with van der Waals surface area (Å²) in [6.07, 6.45) is 9.83. The van der Waals surface area contributed by atoms with Crippen molar-refractivity contribution in [2.45, 2.75) is 57.8 Å². The molecule has 2 saturated heterocycles. The quantitative estimate of drug-likeness (QED) is 0.684. The van der Waals surface area contributed by atoms with Gasteiger partial charge in [0.1, 0.15) is 11.5 Å². The first-order valence-electron chi connectivity index (χ1n) is 11.8. The van der Waals surface area contributed by atoms with Gasteiger partial charge in [0.2, 0.25) is 5.91 Å². The zero-order valence-electron chi connectivity index (χ0n) is 19.0. The van der Waals surface area contributed by atoms with Gasteiger partial charge in [-0.05, 0) is 55.6 Å². The summed E-state index contributed by atoms with van der Waals surface area (Å²) in [5, 5.41) is 0. The summed E-state index contributed by atoms with van der Waals surface area (Å²) in [5.74, 6) is 1.99. The van der Waals surface area contributed by atoms with Crippen LogP contribution in [0.25, 0.3) is 0 Å². The van der Waals surface area contributed by atoms with E-state index in [2.05, 4.69) is 0 Å². The fourth-order valence-corrected chi connectivity index (χ4v) is 5.94. The minimum Gasteiger partial charge on any atom is -0.497 e. The predicted molar refractivity (Wildman–Crippen MR) is 120 cm³/mol. The SMILES string of the molecule is COc1cc(OC)cc(C(=O)N2CC(CCC(=O)N3CCCC3)C3(CCCCC3)C2)c1. The molecule has 3 fully saturated rings. The average Bonchev–Trinajstić information content (AvgIpc) is 3.46. The third kappa shape index (κ3) is 4.68. The molecule has 0 N–H and O–H groups in total. The van der Waals surface area contributed by atoms with Crippen LogP contribution in [-0.4, -0.2) is 62.0 Å². The maximum absolute atomic E-state index is 13.4. The average molecular weight is 429 g/mol. The molecule has 1 unspecified atom stereocenters. The van der Waals surface area contributed by atoms with Crippen LogP contribution in [0.4, 0.5) is 0 Å². The van der Waals surface area contributed by atoms with Gasteiger partial charge in [0, 0.05) is 44.2 Å². The van der Waals surface area contributed by atoms with E-state index in [-0.39, 0.29) is 11.3 Å². The molecule has 6 heteroatoms. The maximum Gasteiger partial charge on any atom is 0.254 e. The van der Waals surface area contributed by atoms with Crippen LogP contribution in [0.5, 0.6) is 11.5 Å². The van der Waals surface area contributed by atoms with E-state index in [0.29, 0.717) is 35.3 Å². The van der Waals surface area contributed by atoms with Gasteiger partial charge in [-0.25, -0.2) is 0 Å². The van der Waals surface area contributed by atoms with Crippen LogP contribution < -0.4 is 9.47 Å². The Kier molecular flexibility index (Phi) is 6.73. The molecule has 6 nitrogen and oxygen atoms in total. The van der Waals surface area contributed by atoms with Crippen molar-refractivity contribution in [3.63, 3.8) is 0 Å². The lowest BCUT2D eigenvalue weighted by Crippen LogP contribution is -2.35. The van der Waals surface area contributed by atoms with Gasteiger partial charge in [0.05, 0.1) is 14.2 Å². The lowest BCUT2D eigenvalue weighted by Gasteiger charge is -2.38. The second-order valence-corrected chi connectivity index (χ2v) is 9.53. The number of rotatable bonds is 6. The molecule has 170 valence electrons. The van der Waals surface area contributed by atoms with Crippen molar-refractivity contribution in [3.05, 3.63) is 23.8 Å². The Labute approximate surface area is 185 Å². The molecule has 31 heavy (non-hydrogen) atoms. The molecule has 0 radical (unpaired) electrons. The Balaban J connectivity index is 1.49. The first kappa shape index (κ1) is 22.0. The van der Waals surface area contributed by atoms with E-state index < -0.39 is 0 Å². The molecule has 2 aliphatic heterocycles. The molecule has 2 amide bonds. The number of carbonyl (C=O) groups is 2. The molecule has 2 heterocycles. The van der Waals surface area contributed by atoms with Gasteiger partial charge in [-0.2, -0.15) is 0 Å². The molecular formula is C25H36N2O4. The van der Waals surface area contributed by atoms with Crippen molar-refractivity contribution in [1.82, 2.24) is 9.80 Å². The molecule has 1 aliphatic carbocycles. The second-order valence-electron chi connectivity index (χ2n) is 9.53. The monoisotopic (exact) mass is 428 g/mol. The summed E-state index contributed by atoms with van der Waals surface area (Å²) >= 11 is 0. The fraction of sp³-hybridized carbons (Fsp3) is 0.680. The van der Waals surface area contributed by atoms with E-state index in [1.165, 1.54) is 32.1 Å². The number of nitrogens with zero attached hydrogens (tertiary/aromatic N) is 2. The summed E-state index contributed by atoms with van der Waals surface area (Å²) in [6, 6.07) is 5.38. The number of benzene rings is 1. The largest absolute Gasteiger partial charge is 0.497 e. The molecular weight excluding hydrogens is 392 g/mol. The molecule has 1 saturated carbocycles. The first-order valence-corrected chi connectivity index (χ1v) is 11.8. The van der Waals surface area contributed by atoms with Gasteiger partial charge in [0.15, 0.2) is 0 Å². The van der Waals surface area contributed by atoms with Gasteiger partial charge in [-0.15, -0.1) is 0 Å². The molecule has 1 aromatic carbocycles. The number of ether oxygens (including phenoxy) is 2. The summed E-state index contributed by atoms with van der Waals surface area (Å²) < 4.78 is 10.7. The number of methoxy groups -OCH3 is 2. The van der Waals surface area contributed by atoms with Gasteiger partial charge in [-0.1, -0.05) is 19.3 Å². The minimum absolute atomic E-state index is 0.0375. The molecule has 1 atom stereocenters. The molecule has 1 aromatic rings. The molecule has 3 aliphatic rings. The minimum atomic E-state index is 0.0375. The zero-order valence-corrected chi connectivity index (χ0v) is 19.0. The summed E-state index contributed by atoms with van der Waals surface area (Å²) in [4.78, 5) is 30.2. The van der Waals surface area contributed by atoms with Crippen LogP contribution in [0.15, 0.2) is 18.2 Å². The lowest BCUT2D eigenvalue weighted by atomic mass is 9.66. The van der Waals surface area contributed by atoms with Gasteiger partial charge in [-0.3, -0.25) is 9.59 Å². The number of hydrogen-bond acceptors (Lipinski definition) is 4. The van der Waals surface area contributed by atoms with Crippen LogP contribution in [0.1, 0.15) is 68.1 Å². The molecule has 0 aromatic heterocycles. The third-order valence-electron chi connectivity index (χ3n) is 7.71. The normalized spacial score (nSPS) is 22.7. The highest BCUT2D eigenvalue weighted by atomic mass is 16.5. The van der Waals surface area contributed by atoms with Crippen LogP contribution in [0.3, 0.4) is 0 Å². The zero-order chi connectivity index (χ0) is 21.8. The Morgan fingerprint density at radius 2 is 1.58 bits per heavy atom. The summed E-state index contributed by atoms with van der Waals surface area (Å²) in [6.45, 7) is 3.37. The van der Waals surface area contributed by atoms with Crippen molar-refractivity contribution in [3.8, 4) is 11.5 Å². The van der Waals surface area contributed by atoms with Crippen LogP contribution in [0.2, 0.25) is 0 Å². The van der Waals surface area contributed by atoms with Crippen LogP contribution >= 0.6 is 0 Å². The van der Waals surface area contributed by atoms with E-state index in [1.54, 1.807) is 32.4 Å². The highest BCUT2D eigenvalue weighted by molar-refractivity contribution is 5.95. The highest BCUT2D eigenvalue weighted by Crippen LogP contribution is 2.49. The van der Waals surface area contributed by atoms with E-state index in [0.717, 1.165) is 45.4 Å². The number of carbonyl (C=O) groups excluding carboxylic acids is 2. The summed E-state index contributed by atoms with van der Waals surface area (Å²) in [5.41, 5.74) is 0.776. The molecule has 4 rings (SSSR count). The Bertz CT molecular complexity index is 774. The predicted octanol–water partition coefficient (Wildman–Crippen LogP) is 4.13. The van der Waals surface area contributed by atoms with Gasteiger partial charge in [0.25, 0.3) is 5.91 Å². The lowest BCUT2D eigenvalue weighted by molar-refractivity contribution is -0.130. The first-order chi connectivity index (χ1) is 15.0. The van der Waals surface area contributed by atoms with Crippen molar-refractivity contribution in [2.75, 3.05) is 40.4 Å². The standard InChI is InChI=1S/C25H36N2O4/c1-30-21-14-19(15-22(16-21)31-2)24(29)27-17-20(25(18-27)10-4-3-5-11-25)8-9-23(28)26-12-6-7-13-26/h14-16,20H,3-13,17-18H2,1-2H3. The molecule has 1 spiro atoms. The van der Waals surface area contributed by atoms with Crippen LogP contribution in [-0.2, 0) is 4.79 Å². The number of hydrogen-bond donors (Lipinski definition) is 0. The van der Waals surface area contributed by atoms with Crippen molar-refractivity contribution in [1.29, 1.82) is 0 Å². The Morgan fingerprint density at radius 1 is 0.935 bits per heavy atom.